The normalized spacial score (nSPS) is 16.3. The van der Waals surface area contributed by atoms with E-state index in [1.807, 2.05) is 31.2 Å². The van der Waals surface area contributed by atoms with Crippen molar-refractivity contribution in [1.82, 2.24) is 15.2 Å². The smallest absolute Gasteiger partial charge is 0.317 e. The van der Waals surface area contributed by atoms with Crippen molar-refractivity contribution >= 4 is 6.03 Å². The van der Waals surface area contributed by atoms with Gasteiger partial charge in [0, 0.05) is 31.4 Å². The summed E-state index contributed by atoms with van der Waals surface area (Å²) in [4.78, 5) is 18.1. The Hall–Kier alpha value is -2.43. The van der Waals surface area contributed by atoms with Crippen LogP contribution in [-0.2, 0) is 5.41 Å². The third-order valence-electron chi connectivity index (χ3n) is 4.97. The van der Waals surface area contributed by atoms with E-state index in [0.29, 0.717) is 12.1 Å². The van der Waals surface area contributed by atoms with Crippen LogP contribution in [0.5, 0.6) is 0 Å². The molecule has 0 unspecified atom stereocenters. The Balaban J connectivity index is 1.62. The first kappa shape index (κ1) is 16.4. The molecule has 126 valence electrons. The predicted octanol–water partition coefficient (Wildman–Crippen LogP) is 3.65. The molecule has 1 fully saturated rings. The first-order valence-corrected chi connectivity index (χ1v) is 8.19. The van der Waals surface area contributed by atoms with Crippen molar-refractivity contribution in [2.45, 2.75) is 31.2 Å². The van der Waals surface area contributed by atoms with Gasteiger partial charge in [0.15, 0.2) is 0 Å². The van der Waals surface area contributed by atoms with Gasteiger partial charge < -0.3 is 10.2 Å². The number of hydrogen-bond donors (Lipinski definition) is 1. The van der Waals surface area contributed by atoms with Crippen molar-refractivity contribution in [3.63, 3.8) is 0 Å². The molecule has 1 heterocycles. The van der Waals surface area contributed by atoms with Gasteiger partial charge in [-0.3, -0.25) is 4.98 Å². The van der Waals surface area contributed by atoms with Crippen molar-refractivity contribution in [3.05, 3.63) is 65.7 Å². The quantitative estimate of drug-likeness (QED) is 0.911. The summed E-state index contributed by atoms with van der Waals surface area (Å²) in [5, 5.41) is 2.97. The summed E-state index contributed by atoms with van der Waals surface area (Å²) in [5.41, 5.74) is 1.48. The van der Waals surface area contributed by atoms with Gasteiger partial charge in [-0.1, -0.05) is 18.2 Å². The van der Waals surface area contributed by atoms with Gasteiger partial charge in [0.25, 0.3) is 0 Å². The maximum Gasteiger partial charge on any atom is 0.317 e. The Morgan fingerprint density at radius 1 is 1.29 bits per heavy atom. The average molecular weight is 327 g/mol. The van der Waals surface area contributed by atoms with E-state index < -0.39 is 0 Å². The second kappa shape index (κ2) is 6.59. The molecule has 1 aromatic carbocycles. The van der Waals surface area contributed by atoms with Crippen molar-refractivity contribution in [1.29, 1.82) is 0 Å². The second-order valence-electron chi connectivity index (χ2n) is 6.49. The molecule has 1 saturated carbocycles. The molecule has 2 aromatic rings. The van der Waals surface area contributed by atoms with Gasteiger partial charge >= 0.3 is 6.03 Å². The SMILES string of the molecule is C[C@H](c1ccncc1)N(C)C(=O)NCC1(c2ccccc2F)CC1. The Bertz CT molecular complexity index is 716. The molecule has 1 aromatic heterocycles. The van der Waals surface area contributed by atoms with E-state index in [-0.39, 0.29) is 23.3 Å². The number of nitrogens with one attached hydrogen (secondary N) is 1. The molecule has 24 heavy (non-hydrogen) atoms. The Labute approximate surface area is 141 Å². The van der Waals surface area contributed by atoms with Gasteiger partial charge in [-0.25, -0.2) is 9.18 Å². The van der Waals surface area contributed by atoms with Crippen LogP contribution in [0.2, 0.25) is 0 Å². The molecule has 4 nitrogen and oxygen atoms in total. The lowest BCUT2D eigenvalue weighted by atomic mass is 9.95. The lowest BCUT2D eigenvalue weighted by molar-refractivity contribution is 0.193. The molecular formula is C19H22FN3O. The van der Waals surface area contributed by atoms with Crippen LogP contribution < -0.4 is 5.32 Å². The number of nitrogens with zero attached hydrogens (tertiary/aromatic N) is 2. The minimum absolute atomic E-state index is 0.0587. The molecule has 5 heteroatoms. The predicted molar refractivity (Wildman–Crippen MR) is 91.1 cm³/mol. The number of rotatable bonds is 5. The highest BCUT2D eigenvalue weighted by Crippen LogP contribution is 2.48. The van der Waals surface area contributed by atoms with Crippen molar-refractivity contribution < 1.29 is 9.18 Å². The first-order valence-electron chi connectivity index (χ1n) is 8.19. The molecule has 1 aliphatic rings. The van der Waals surface area contributed by atoms with Crippen LogP contribution in [-0.4, -0.2) is 29.5 Å². The molecule has 0 spiro atoms. The van der Waals surface area contributed by atoms with E-state index in [2.05, 4.69) is 10.3 Å². The number of halogens is 1. The summed E-state index contributed by atoms with van der Waals surface area (Å²) in [5.74, 6) is -0.192. The van der Waals surface area contributed by atoms with Gasteiger partial charge in [0.1, 0.15) is 5.82 Å². The van der Waals surface area contributed by atoms with Crippen LogP contribution in [0, 0.1) is 5.82 Å². The topological polar surface area (TPSA) is 45.2 Å². The number of aromatic nitrogens is 1. The van der Waals surface area contributed by atoms with Gasteiger partial charge in [0.2, 0.25) is 0 Å². The molecule has 3 rings (SSSR count). The van der Waals surface area contributed by atoms with Crippen LogP contribution in [0.3, 0.4) is 0 Å². The van der Waals surface area contributed by atoms with Crippen LogP contribution >= 0.6 is 0 Å². The number of benzene rings is 1. The number of pyridine rings is 1. The fourth-order valence-electron chi connectivity index (χ4n) is 2.99. The van der Waals surface area contributed by atoms with Gasteiger partial charge in [0.05, 0.1) is 6.04 Å². The fraction of sp³-hybridized carbons (Fsp3) is 0.368. The van der Waals surface area contributed by atoms with E-state index >= 15 is 0 Å². The molecular weight excluding hydrogens is 305 g/mol. The van der Waals surface area contributed by atoms with Crippen molar-refractivity contribution in [2.75, 3.05) is 13.6 Å². The molecule has 0 radical (unpaired) electrons. The molecule has 0 saturated heterocycles. The summed E-state index contributed by atoms with van der Waals surface area (Å²) in [7, 11) is 1.77. The summed E-state index contributed by atoms with van der Waals surface area (Å²) < 4.78 is 14.0. The number of hydrogen-bond acceptors (Lipinski definition) is 2. The largest absolute Gasteiger partial charge is 0.337 e. The minimum atomic E-state index is -0.248. The fourth-order valence-corrected chi connectivity index (χ4v) is 2.99. The average Bonchev–Trinajstić information content (AvgIpc) is 3.40. The van der Waals surface area contributed by atoms with E-state index in [9.17, 15) is 9.18 Å². The zero-order valence-electron chi connectivity index (χ0n) is 14.0. The lowest BCUT2D eigenvalue weighted by Crippen LogP contribution is -2.42. The van der Waals surface area contributed by atoms with Gasteiger partial charge in [-0.05, 0) is 49.1 Å². The molecule has 1 atom stereocenters. The highest BCUT2D eigenvalue weighted by molar-refractivity contribution is 5.74. The summed E-state index contributed by atoms with van der Waals surface area (Å²) in [6, 6.07) is 10.4. The number of carbonyl (C=O) groups is 1. The summed E-state index contributed by atoms with van der Waals surface area (Å²) in [6.45, 7) is 2.43. The molecule has 0 bridgehead atoms. The number of amides is 2. The van der Waals surface area contributed by atoms with E-state index in [1.165, 1.54) is 6.07 Å². The monoisotopic (exact) mass is 327 g/mol. The third-order valence-corrected chi connectivity index (χ3v) is 4.97. The van der Waals surface area contributed by atoms with E-state index in [1.54, 1.807) is 30.4 Å². The van der Waals surface area contributed by atoms with Gasteiger partial charge in [-0.2, -0.15) is 0 Å². The zero-order chi connectivity index (χ0) is 17.2. The van der Waals surface area contributed by atoms with E-state index in [0.717, 1.165) is 18.4 Å². The molecule has 0 aliphatic heterocycles. The Morgan fingerprint density at radius 2 is 1.96 bits per heavy atom. The van der Waals surface area contributed by atoms with Crippen LogP contribution in [0.4, 0.5) is 9.18 Å². The van der Waals surface area contributed by atoms with Crippen LogP contribution in [0.25, 0.3) is 0 Å². The molecule has 1 aliphatic carbocycles. The summed E-state index contributed by atoms with van der Waals surface area (Å²) in [6.07, 6.45) is 5.24. The molecule has 2 amide bonds. The number of urea groups is 1. The molecule has 1 N–H and O–H groups in total. The number of carbonyl (C=O) groups excluding carboxylic acids is 1. The van der Waals surface area contributed by atoms with Crippen molar-refractivity contribution in [2.24, 2.45) is 0 Å². The van der Waals surface area contributed by atoms with Gasteiger partial charge in [-0.15, -0.1) is 0 Å². The Kier molecular flexibility index (Phi) is 4.51. The highest BCUT2D eigenvalue weighted by atomic mass is 19.1. The second-order valence-corrected chi connectivity index (χ2v) is 6.49. The third kappa shape index (κ3) is 3.25. The van der Waals surface area contributed by atoms with Crippen molar-refractivity contribution in [3.8, 4) is 0 Å². The maximum absolute atomic E-state index is 14.0. The Morgan fingerprint density at radius 3 is 2.58 bits per heavy atom. The van der Waals surface area contributed by atoms with Crippen LogP contribution in [0.1, 0.15) is 36.9 Å². The van der Waals surface area contributed by atoms with E-state index in [4.69, 9.17) is 0 Å². The highest BCUT2D eigenvalue weighted by Gasteiger charge is 2.46. The first-order chi connectivity index (χ1) is 11.5. The zero-order valence-corrected chi connectivity index (χ0v) is 14.0. The van der Waals surface area contributed by atoms with Crippen LogP contribution in [0.15, 0.2) is 48.8 Å². The maximum atomic E-state index is 14.0. The summed E-state index contributed by atoms with van der Waals surface area (Å²) >= 11 is 0. The standard InChI is InChI=1S/C19H22FN3O/c1-14(15-7-11-21-12-8-15)23(2)18(24)22-13-19(9-10-19)16-5-3-4-6-17(16)20/h3-8,11-12,14H,9-10,13H2,1-2H3,(H,22,24)/t14-/m1/s1. The minimum Gasteiger partial charge on any atom is -0.337 e. The lowest BCUT2D eigenvalue weighted by Gasteiger charge is -2.27.